The fraction of sp³-hybridized carbons (Fsp3) is 0.778. The summed E-state index contributed by atoms with van der Waals surface area (Å²) in [5.74, 6) is 3.81. The van der Waals surface area contributed by atoms with Gasteiger partial charge in [-0.2, -0.15) is 0 Å². The van der Waals surface area contributed by atoms with Crippen molar-refractivity contribution in [1.29, 1.82) is 0 Å². The first-order valence-corrected chi connectivity index (χ1v) is 13.6. The highest BCUT2D eigenvalue weighted by Gasteiger charge is 2.59. The van der Waals surface area contributed by atoms with Crippen LogP contribution in [0.25, 0.3) is 11.2 Å². The Balaban J connectivity index is 1.26. The van der Waals surface area contributed by atoms with Crippen LogP contribution in [0.15, 0.2) is 12.7 Å². The number of fused-ring (bicyclic) bond motifs is 6. The first-order valence-electron chi connectivity index (χ1n) is 13.3. The van der Waals surface area contributed by atoms with Crippen molar-refractivity contribution in [2.75, 3.05) is 0 Å². The molecule has 0 amide bonds. The lowest BCUT2D eigenvalue weighted by atomic mass is 9.41. The topological polar surface area (TPSA) is 60.7 Å². The second kappa shape index (κ2) is 8.03. The average molecular weight is 469 g/mol. The van der Waals surface area contributed by atoms with E-state index in [9.17, 15) is 4.79 Å². The second-order valence-electron chi connectivity index (χ2n) is 12.1. The van der Waals surface area contributed by atoms with E-state index in [0.29, 0.717) is 40.0 Å². The molecule has 2 aromatic rings. The Hall–Kier alpha value is -1.49. The normalized spacial score (nSPS) is 40.6. The molecule has 0 aliphatic heterocycles. The van der Waals surface area contributed by atoms with Crippen molar-refractivity contribution in [2.24, 2.45) is 40.4 Å². The number of imidazole rings is 1. The third-order valence-electron chi connectivity index (χ3n) is 10.9. The van der Waals surface area contributed by atoms with Gasteiger partial charge in [-0.15, -0.1) is 0 Å². The van der Waals surface area contributed by atoms with E-state index in [0.717, 1.165) is 24.2 Å². The molecular weight excluding hydrogens is 432 g/mol. The quantitative estimate of drug-likeness (QED) is 0.483. The zero-order valence-corrected chi connectivity index (χ0v) is 20.9. The number of carbonyl (C=O) groups excluding carboxylic acids is 1. The van der Waals surface area contributed by atoms with E-state index >= 15 is 0 Å². The fourth-order valence-corrected chi connectivity index (χ4v) is 9.53. The Bertz CT molecular complexity index is 1070. The molecule has 2 heterocycles. The first-order chi connectivity index (χ1) is 15.9. The molecule has 5 nitrogen and oxygen atoms in total. The third kappa shape index (κ3) is 3.31. The molecule has 0 unspecified atom stereocenters. The lowest BCUT2D eigenvalue weighted by Crippen LogP contribution is -2.56. The highest BCUT2D eigenvalue weighted by atomic mass is 35.5. The Labute approximate surface area is 202 Å². The molecule has 6 rings (SSSR count). The molecule has 0 spiro atoms. The van der Waals surface area contributed by atoms with Crippen LogP contribution in [0.4, 0.5) is 0 Å². The minimum atomic E-state index is 0.130. The maximum atomic E-state index is 13.8. The van der Waals surface area contributed by atoms with Gasteiger partial charge < -0.3 is 4.57 Å². The number of ketones is 1. The lowest BCUT2D eigenvalue weighted by Gasteiger charge is -2.63. The van der Waals surface area contributed by atoms with Gasteiger partial charge in [0.05, 0.1) is 12.9 Å². The summed E-state index contributed by atoms with van der Waals surface area (Å²) in [4.78, 5) is 26.5. The van der Waals surface area contributed by atoms with E-state index in [1.165, 1.54) is 70.5 Å². The molecule has 0 radical (unpaired) electrons. The van der Waals surface area contributed by atoms with Gasteiger partial charge in [-0.3, -0.25) is 4.79 Å². The van der Waals surface area contributed by atoms with Gasteiger partial charge in [0.2, 0.25) is 0 Å². The summed E-state index contributed by atoms with van der Waals surface area (Å²) in [6.07, 6.45) is 17.8. The molecule has 4 fully saturated rings. The first kappa shape index (κ1) is 22.0. The predicted octanol–water partition coefficient (Wildman–Crippen LogP) is 6.49. The van der Waals surface area contributed by atoms with Crippen molar-refractivity contribution >= 4 is 28.5 Å². The monoisotopic (exact) mass is 468 g/mol. The molecule has 4 saturated carbocycles. The number of aromatic nitrogens is 4. The molecule has 7 atom stereocenters. The van der Waals surface area contributed by atoms with E-state index in [4.69, 9.17) is 11.6 Å². The molecule has 4 aliphatic rings. The molecule has 0 N–H and O–H groups in total. The van der Waals surface area contributed by atoms with Crippen LogP contribution in [0.3, 0.4) is 0 Å². The second-order valence-corrected chi connectivity index (χ2v) is 12.5. The molecule has 33 heavy (non-hydrogen) atoms. The van der Waals surface area contributed by atoms with Crippen molar-refractivity contribution in [1.82, 2.24) is 19.5 Å². The number of nitrogens with zero attached hydrogens (tertiary/aromatic N) is 4. The predicted molar refractivity (Wildman–Crippen MR) is 130 cm³/mol. The Morgan fingerprint density at radius 1 is 0.970 bits per heavy atom. The number of Topliss-reactive ketones (excluding diaryl/α,β-unsaturated/α-hetero) is 1. The van der Waals surface area contributed by atoms with E-state index in [2.05, 4.69) is 28.8 Å². The van der Waals surface area contributed by atoms with Crippen LogP contribution in [0.1, 0.15) is 84.5 Å². The van der Waals surface area contributed by atoms with Gasteiger partial charge in [0.15, 0.2) is 16.6 Å². The van der Waals surface area contributed by atoms with Crippen LogP contribution in [-0.4, -0.2) is 25.3 Å². The SMILES string of the molecule is C[C@]12CCCC[C@@H]1CC[C@@H]1[C@@H]2CC[C@]2(C)[C@@H](C(=O)Cn3cnc4ncnc(Cl)c43)CCC[C@@H]12. The van der Waals surface area contributed by atoms with Crippen LogP contribution in [0.2, 0.25) is 5.15 Å². The lowest BCUT2D eigenvalue weighted by molar-refractivity contribution is -0.155. The van der Waals surface area contributed by atoms with Gasteiger partial charge in [0.1, 0.15) is 11.8 Å². The summed E-state index contributed by atoms with van der Waals surface area (Å²) in [6, 6.07) is 0. The van der Waals surface area contributed by atoms with E-state index in [-0.39, 0.29) is 11.3 Å². The molecule has 4 aliphatic carbocycles. The summed E-state index contributed by atoms with van der Waals surface area (Å²) in [5, 5.41) is 0.371. The Kier molecular flexibility index (Phi) is 5.36. The maximum absolute atomic E-state index is 13.8. The molecular formula is C27H37ClN4O. The van der Waals surface area contributed by atoms with Crippen LogP contribution in [-0.2, 0) is 11.3 Å². The minimum absolute atomic E-state index is 0.130. The van der Waals surface area contributed by atoms with E-state index in [1.807, 2.05) is 4.57 Å². The van der Waals surface area contributed by atoms with Crippen LogP contribution < -0.4 is 0 Å². The van der Waals surface area contributed by atoms with Crippen molar-refractivity contribution < 1.29 is 4.79 Å². The van der Waals surface area contributed by atoms with E-state index < -0.39 is 0 Å². The largest absolute Gasteiger partial charge is 0.319 e. The maximum Gasteiger partial charge on any atom is 0.182 e. The molecule has 178 valence electrons. The van der Waals surface area contributed by atoms with Gasteiger partial charge >= 0.3 is 0 Å². The summed E-state index contributed by atoms with van der Waals surface area (Å²) < 4.78 is 1.87. The summed E-state index contributed by atoms with van der Waals surface area (Å²) in [7, 11) is 0. The third-order valence-corrected chi connectivity index (χ3v) is 11.2. The molecule has 6 heteroatoms. The molecule has 2 aromatic heterocycles. The smallest absolute Gasteiger partial charge is 0.182 e. The zero-order chi connectivity index (χ0) is 22.8. The number of halogens is 1. The van der Waals surface area contributed by atoms with Gasteiger partial charge in [-0.05, 0) is 85.9 Å². The van der Waals surface area contributed by atoms with Crippen molar-refractivity contribution in [2.45, 2.75) is 91.0 Å². The highest BCUT2D eigenvalue weighted by Crippen LogP contribution is 2.66. The van der Waals surface area contributed by atoms with Gasteiger partial charge in [0, 0.05) is 5.92 Å². The molecule has 0 bridgehead atoms. The minimum Gasteiger partial charge on any atom is -0.319 e. The molecule has 0 saturated heterocycles. The fourth-order valence-electron chi connectivity index (χ4n) is 9.29. The number of hydrogen-bond acceptors (Lipinski definition) is 4. The van der Waals surface area contributed by atoms with Crippen LogP contribution in [0.5, 0.6) is 0 Å². The summed E-state index contributed by atoms with van der Waals surface area (Å²) >= 11 is 6.33. The van der Waals surface area contributed by atoms with Crippen molar-refractivity contribution in [3.8, 4) is 0 Å². The van der Waals surface area contributed by atoms with Crippen molar-refractivity contribution in [3.63, 3.8) is 0 Å². The van der Waals surface area contributed by atoms with Gasteiger partial charge in [-0.1, -0.05) is 44.7 Å². The number of hydrogen-bond donors (Lipinski definition) is 0. The Morgan fingerprint density at radius 2 is 1.82 bits per heavy atom. The van der Waals surface area contributed by atoms with Gasteiger partial charge in [0.25, 0.3) is 0 Å². The summed E-state index contributed by atoms with van der Waals surface area (Å²) in [6.45, 7) is 5.43. The average Bonchev–Trinajstić information content (AvgIpc) is 3.21. The van der Waals surface area contributed by atoms with Gasteiger partial charge in [-0.25, -0.2) is 15.0 Å². The standard InChI is InChI=1S/C27H37ClN4O/c1-26-12-4-3-6-17(26)9-10-18-19-7-5-8-21(27(19,2)13-11-20(18)26)22(33)14-32-16-31-25-23(32)24(28)29-15-30-25/h15-21H,3-14H2,1-2H3/t17-,18+,19+,20+,21-,26+,27+/m1/s1. The zero-order valence-electron chi connectivity index (χ0n) is 20.1. The van der Waals surface area contributed by atoms with Crippen LogP contribution >= 0.6 is 11.6 Å². The Morgan fingerprint density at radius 3 is 2.70 bits per heavy atom. The van der Waals surface area contributed by atoms with Crippen LogP contribution in [0, 0.1) is 40.4 Å². The summed E-state index contributed by atoms with van der Waals surface area (Å²) in [5.41, 5.74) is 1.92. The number of rotatable bonds is 3. The number of carbonyl (C=O) groups is 1. The molecule has 0 aromatic carbocycles. The highest BCUT2D eigenvalue weighted by molar-refractivity contribution is 6.33. The van der Waals surface area contributed by atoms with Crippen molar-refractivity contribution in [3.05, 3.63) is 17.8 Å². The van der Waals surface area contributed by atoms with E-state index in [1.54, 1.807) is 6.33 Å².